The van der Waals surface area contributed by atoms with E-state index in [1.807, 2.05) is 54.6 Å². The van der Waals surface area contributed by atoms with Gasteiger partial charge in [0.2, 0.25) is 0 Å². The Morgan fingerprint density at radius 2 is 1.90 bits per heavy atom. The summed E-state index contributed by atoms with van der Waals surface area (Å²) < 4.78 is 5.46. The summed E-state index contributed by atoms with van der Waals surface area (Å²) in [6.07, 6.45) is 4.89. The third-order valence-electron chi connectivity index (χ3n) is 4.41. The number of carbonyl (C=O) groups excluding carboxylic acids is 1. The molecule has 0 aliphatic carbocycles. The second-order valence-electron chi connectivity index (χ2n) is 6.26. The van der Waals surface area contributed by atoms with Crippen LogP contribution in [0.4, 0.5) is 0 Å². The first-order valence-corrected chi connectivity index (χ1v) is 9.03. The fourth-order valence-corrected chi connectivity index (χ4v) is 3.04. The SMILES string of the molecule is COc1ccccc1-c1cc(C(=O)N/N=C/c2cccnc2)c2ccccc2n1. The van der Waals surface area contributed by atoms with E-state index < -0.39 is 0 Å². The standard InChI is InChI=1S/C23H18N4O2/c1-29-22-11-5-3-9-18(22)21-13-19(17-8-2-4-10-20(17)26-21)23(28)27-25-15-16-7-6-12-24-14-16/h2-15H,1H3,(H,27,28)/b25-15+. The monoisotopic (exact) mass is 382 g/mol. The van der Waals surface area contributed by atoms with E-state index in [2.05, 4.69) is 15.5 Å². The zero-order chi connectivity index (χ0) is 20.1. The molecule has 29 heavy (non-hydrogen) atoms. The minimum atomic E-state index is -0.320. The van der Waals surface area contributed by atoms with Crippen molar-refractivity contribution in [1.29, 1.82) is 0 Å². The fraction of sp³-hybridized carbons (Fsp3) is 0.0435. The Labute approximate surface area is 167 Å². The molecular weight excluding hydrogens is 364 g/mol. The number of rotatable bonds is 5. The van der Waals surface area contributed by atoms with Crippen LogP contribution in [0.15, 0.2) is 84.2 Å². The topological polar surface area (TPSA) is 76.5 Å². The zero-order valence-corrected chi connectivity index (χ0v) is 15.7. The molecule has 0 atom stereocenters. The summed E-state index contributed by atoms with van der Waals surface area (Å²) in [5, 5.41) is 4.80. The van der Waals surface area contributed by atoms with Gasteiger partial charge in [-0.25, -0.2) is 10.4 Å². The first-order valence-electron chi connectivity index (χ1n) is 9.03. The van der Waals surface area contributed by atoms with Gasteiger partial charge in [-0.05, 0) is 30.3 Å². The predicted octanol–water partition coefficient (Wildman–Crippen LogP) is 4.07. The second-order valence-corrected chi connectivity index (χ2v) is 6.26. The van der Waals surface area contributed by atoms with Gasteiger partial charge in [0.1, 0.15) is 5.75 Å². The van der Waals surface area contributed by atoms with Crippen molar-refractivity contribution in [3.63, 3.8) is 0 Å². The summed E-state index contributed by atoms with van der Waals surface area (Å²) in [4.78, 5) is 21.6. The van der Waals surface area contributed by atoms with Gasteiger partial charge < -0.3 is 4.74 Å². The minimum Gasteiger partial charge on any atom is -0.496 e. The molecule has 0 saturated heterocycles. The number of pyridine rings is 2. The van der Waals surface area contributed by atoms with E-state index in [0.29, 0.717) is 17.0 Å². The van der Waals surface area contributed by atoms with Crippen LogP contribution in [0, 0.1) is 0 Å². The van der Waals surface area contributed by atoms with Gasteiger partial charge >= 0.3 is 0 Å². The molecule has 0 fully saturated rings. The highest BCUT2D eigenvalue weighted by atomic mass is 16.5. The van der Waals surface area contributed by atoms with Crippen LogP contribution in [0.25, 0.3) is 22.2 Å². The molecule has 2 heterocycles. The molecule has 4 rings (SSSR count). The Kier molecular flexibility index (Phi) is 5.25. The normalized spacial score (nSPS) is 10.9. The van der Waals surface area contributed by atoms with Crippen LogP contribution in [0.5, 0.6) is 5.75 Å². The maximum Gasteiger partial charge on any atom is 0.272 e. The Morgan fingerprint density at radius 1 is 1.07 bits per heavy atom. The third-order valence-corrected chi connectivity index (χ3v) is 4.41. The molecule has 0 radical (unpaired) electrons. The van der Waals surface area contributed by atoms with Gasteiger partial charge in [0, 0.05) is 28.9 Å². The maximum atomic E-state index is 12.9. The largest absolute Gasteiger partial charge is 0.496 e. The predicted molar refractivity (Wildman–Crippen MR) is 113 cm³/mol. The Bertz CT molecular complexity index is 1190. The molecule has 142 valence electrons. The summed E-state index contributed by atoms with van der Waals surface area (Å²) in [5.41, 5.74) is 6.06. The number of methoxy groups -OCH3 is 1. The number of nitrogens with one attached hydrogen (secondary N) is 1. The van der Waals surface area contributed by atoms with E-state index in [4.69, 9.17) is 9.72 Å². The molecule has 0 saturated carbocycles. The minimum absolute atomic E-state index is 0.320. The Hall–Kier alpha value is -4.06. The van der Waals surface area contributed by atoms with Crippen molar-refractivity contribution in [3.05, 3.63) is 90.3 Å². The number of para-hydroxylation sites is 2. The van der Waals surface area contributed by atoms with Crippen molar-refractivity contribution in [2.24, 2.45) is 5.10 Å². The van der Waals surface area contributed by atoms with Crippen molar-refractivity contribution in [2.75, 3.05) is 7.11 Å². The number of hydrogen-bond acceptors (Lipinski definition) is 5. The zero-order valence-electron chi connectivity index (χ0n) is 15.7. The summed E-state index contributed by atoms with van der Waals surface area (Å²) in [7, 11) is 1.61. The lowest BCUT2D eigenvalue weighted by Crippen LogP contribution is -2.18. The number of ether oxygens (including phenoxy) is 1. The molecule has 2 aromatic carbocycles. The van der Waals surface area contributed by atoms with Crippen LogP contribution >= 0.6 is 0 Å². The molecule has 0 bridgehead atoms. The lowest BCUT2D eigenvalue weighted by molar-refractivity contribution is 0.0956. The highest BCUT2D eigenvalue weighted by Crippen LogP contribution is 2.31. The van der Waals surface area contributed by atoms with Crippen molar-refractivity contribution >= 4 is 23.0 Å². The number of carbonyl (C=O) groups is 1. The molecule has 1 N–H and O–H groups in total. The van der Waals surface area contributed by atoms with Crippen LogP contribution in [0.1, 0.15) is 15.9 Å². The van der Waals surface area contributed by atoms with Crippen LogP contribution in [-0.2, 0) is 0 Å². The molecule has 1 amide bonds. The van der Waals surface area contributed by atoms with Crippen LogP contribution < -0.4 is 10.2 Å². The van der Waals surface area contributed by atoms with Gasteiger partial charge in [-0.3, -0.25) is 9.78 Å². The molecular formula is C23H18N4O2. The average molecular weight is 382 g/mol. The highest BCUT2D eigenvalue weighted by Gasteiger charge is 2.15. The maximum absolute atomic E-state index is 12.9. The summed E-state index contributed by atoms with van der Waals surface area (Å²) >= 11 is 0. The van der Waals surface area contributed by atoms with Gasteiger partial charge in [-0.2, -0.15) is 5.10 Å². The van der Waals surface area contributed by atoms with Gasteiger partial charge in [-0.1, -0.05) is 36.4 Å². The molecule has 6 nitrogen and oxygen atoms in total. The van der Waals surface area contributed by atoms with E-state index in [9.17, 15) is 4.79 Å². The van der Waals surface area contributed by atoms with E-state index in [1.54, 1.807) is 37.9 Å². The lowest BCUT2D eigenvalue weighted by atomic mass is 10.0. The van der Waals surface area contributed by atoms with Gasteiger partial charge in [0.05, 0.1) is 30.1 Å². The highest BCUT2D eigenvalue weighted by molar-refractivity contribution is 6.07. The molecule has 2 aromatic heterocycles. The number of aromatic nitrogens is 2. The number of hydrazone groups is 1. The summed E-state index contributed by atoms with van der Waals surface area (Å²) in [6, 6.07) is 20.5. The number of fused-ring (bicyclic) bond motifs is 1. The van der Waals surface area contributed by atoms with E-state index >= 15 is 0 Å². The number of hydrogen-bond donors (Lipinski definition) is 1. The third kappa shape index (κ3) is 3.96. The van der Waals surface area contributed by atoms with Gasteiger partial charge in [0.15, 0.2) is 0 Å². The quantitative estimate of drug-likeness (QED) is 0.417. The number of amides is 1. The second kappa shape index (κ2) is 8.31. The first-order chi connectivity index (χ1) is 14.3. The Balaban J connectivity index is 1.73. The van der Waals surface area contributed by atoms with Crippen molar-refractivity contribution in [1.82, 2.24) is 15.4 Å². The Morgan fingerprint density at radius 3 is 2.72 bits per heavy atom. The van der Waals surface area contributed by atoms with E-state index in [1.165, 1.54) is 0 Å². The molecule has 0 aliphatic heterocycles. The summed E-state index contributed by atoms with van der Waals surface area (Å²) in [6.45, 7) is 0. The van der Waals surface area contributed by atoms with Crippen molar-refractivity contribution in [2.45, 2.75) is 0 Å². The molecule has 6 heteroatoms. The summed E-state index contributed by atoms with van der Waals surface area (Å²) in [5.74, 6) is 0.371. The number of benzene rings is 2. The molecule has 0 spiro atoms. The van der Waals surface area contributed by atoms with Crippen LogP contribution in [-0.4, -0.2) is 29.2 Å². The first kappa shape index (κ1) is 18.3. The molecule has 4 aromatic rings. The van der Waals surface area contributed by atoms with Gasteiger partial charge in [0.25, 0.3) is 5.91 Å². The fourth-order valence-electron chi connectivity index (χ4n) is 3.04. The van der Waals surface area contributed by atoms with Crippen molar-refractivity contribution < 1.29 is 9.53 Å². The average Bonchev–Trinajstić information content (AvgIpc) is 2.79. The van der Waals surface area contributed by atoms with Crippen LogP contribution in [0.3, 0.4) is 0 Å². The lowest BCUT2D eigenvalue weighted by Gasteiger charge is -2.11. The molecule has 0 aliphatic rings. The van der Waals surface area contributed by atoms with Crippen LogP contribution in [0.2, 0.25) is 0 Å². The smallest absolute Gasteiger partial charge is 0.272 e. The van der Waals surface area contributed by atoms with E-state index in [0.717, 1.165) is 22.0 Å². The van der Waals surface area contributed by atoms with E-state index in [-0.39, 0.29) is 5.91 Å². The van der Waals surface area contributed by atoms with Crippen molar-refractivity contribution in [3.8, 4) is 17.0 Å². The molecule has 0 unspecified atom stereocenters. The number of nitrogens with zero attached hydrogens (tertiary/aromatic N) is 3. The van der Waals surface area contributed by atoms with Gasteiger partial charge in [-0.15, -0.1) is 0 Å².